The van der Waals surface area contributed by atoms with Crippen LogP contribution in [0.25, 0.3) is 10.9 Å². The SMILES string of the molecule is Cc1ncc2c(C)cc(Oc3[c-]c(C4=N[C@H]5c6ccccc6Cc6ccccc6[C@@H]5N4c4c(C(C)C)cccc4C(C)C)cc(C(C)C)c3)nc2c1O.[Pt]. The largest absolute Gasteiger partial charge is 0.504 e. The Kier molecular flexibility index (Phi) is 10.3. The molecule has 0 radical (unpaired) electrons. The average molecular weight is 895 g/mol. The van der Waals surface area contributed by atoms with E-state index in [4.69, 9.17) is 14.7 Å². The molecule has 0 spiro atoms. The molecule has 54 heavy (non-hydrogen) atoms. The van der Waals surface area contributed by atoms with Crippen molar-refractivity contribution in [1.29, 1.82) is 0 Å². The number of fused-ring (bicyclic) bond motifs is 6. The van der Waals surface area contributed by atoms with Gasteiger partial charge in [0.15, 0.2) is 5.75 Å². The summed E-state index contributed by atoms with van der Waals surface area (Å²) in [5.74, 6) is 2.70. The zero-order chi connectivity index (χ0) is 37.1. The number of aromatic hydroxyl groups is 1. The second-order valence-corrected chi connectivity index (χ2v) is 15.6. The molecule has 2 aromatic heterocycles. The molecule has 0 saturated heterocycles. The maximum Gasteiger partial charge on any atom is 0.218 e. The van der Waals surface area contributed by atoms with E-state index in [1.807, 2.05) is 13.0 Å². The van der Waals surface area contributed by atoms with E-state index < -0.39 is 0 Å². The van der Waals surface area contributed by atoms with Gasteiger partial charge in [-0.05, 0) is 77.0 Å². The summed E-state index contributed by atoms with van der Waals surface area (Å²) in [7, 11) is 0. The number of aryl methyl sites for hydroxylation is 2. The molecule has 0 unspecified atom stereocenters. The second-order valence-electron chi connectivity index (χ2n) is 15.6. The van der Waals surface area contributed by atoms with Crippen molar-refractivity contribution in [1.82, 2.24) is 9.97 Å². The first-order chi connectivity index (χ1) is 25.5. The number of nitrogens with zero attached hydrogens (tertiary/aromatic N) is 4. The fraction of sp³-hybridized carbons (Fsp3) is 0.298. The Bertz CT molecular complexity index is 2390. The number of aliphatic imine (C=N–C) groups is 1. The van der Waals surface area contributed by atoms with Crippen molar-refractivity contribution in [2.45, 2.75) is 91.6 Å². The van der Waals surface area contributed by atoms with Gasteiger partial charge in [-0.2, -0.15) is 0 Å². The normalized spacial score (nSPS) is 16.2. The summed E-state index contributed by atoms with van der Waals surface area (Å²) in [5.41, 5.74) is 13.0. The Morgan fingerprint density at radius 1 is 0.796 bits per heavy atom. The summed E-state index contributed by atoms with van der Waals surface area (Å²) in [5, 5.41) is 11.7. The van der Waals surface area contributed by atoms with E-state index in [-0.39, 0.29) is 44.8 Å². The van der Waals surface area contributed by atoms with Crippen LogP contribution in [0.4, 0.5) is 5.69 Å². The zero-order valence-electron chi connectivity index (χ0n) is 32.2. The molecule has 2 atom stereocenters. The van der Waals surface area contributed by atoms with Gasteiger partial charge in [0.05, 0.1) is 23.6 Å². The third kappa shape index (κ3) is 6.53. The van der Waals surface area contributed by atoms with Crippen LogP contribution in [0.15, 0.2) is 96.1 Å². The zero-order valence-corrected chi connectivity index (χ0v) is 34.5. The van der Waals surface area contributed by atoms with Gasteiger partial charge in [0.25, 0.3) is 0 Å². The monoisotopic (exact) mass is 894 g/mol. The minimum Gasteiger partial charge on any atom is -0.504 e. The molecule has 6 nitrogen and oxygen atoms in total. The molecular weight excluding hydrogens is 848 g/mol. The molecule has 7 heteroatoms. The van der Waals surface area contributed by atoms with Gasteiger partial charge in [-0.3, -0.25) is 4.98 Å². The van der Waals surface area contributed by atoms with E-state index in [0.717, 1.165) is 34.3 Å². The molecule has 3 heterocycles. The summed E-state index contributed by atoms with van der Waals surface area (Å²) >= 11 is 0. The number of rotatable bonds is 7. The van der Waals surface area contributed by atoms with Gasteiger partial charge in [-0.15, -0.1) is 17.2 Å². The topological polar surface area (TPSA) is 70.8 Å². The molecule has 0 fully saturated rings. The molecule has 278 valence electrons. The third-order valence-electron chi connectivity index (χ3n) is 11.0. The number of para-hydroxylation sites is 1. The van der Waals surface area contributed by atoms with Gasteiger partial charge >= 0.3 is 0 Å². The number of pyridine rings is 2. The summed E-state index contributed by atoms with van der Waals surface area (Å²) in [6.07, 6.45) is 2.63. The summed E-state index contributed by atoms with van der Waals surface area (Å²) in [6.45, 7) is 17.3. The molecule has 0 amide bonds. The van der Waals surface area contributed by atoms with Gasteiger partial charge in [-0.25, -0.2) is 4.98 Å². The van der Waals surface area contributed by atoms with Crippen LogP contribution in [0, 0.1) is 19.9 Å². The van der Waals surface area contributed by atoms with E-state index in [9.17, 15) is 5.11 Å². The Morgan fingerprint density at radius 2 is 1.44 bits per heavy atom. The van der Waals surface area contributed by atoms with Crippen LogP contribution in [0.2, 0.25) is 0 Å². The standard InChI is InChI=1S/C47H47N4O2.Pt/c1-26(2)33-22-34(24-35(23-33)53-41-20-29(7)40-25-48-30(8)46(52)43(40)49-41)47-50-42-38-16-11-9-14-31(38)21-32-15-10-12-17-39(32)45(42)51(47)44-36(27(3)4)18-13-19-37(44)28(5)6;/h9-20,22-23,25-28,42,45,52H,21H2,1-8H3;/q-1;/t42-,45-;/m0./s1. The van der Waals surface area contributed by atoms with Gasteiger partial charge < -0.3 is 19.7 Å². The molecule has 1 N–H and O–H groups in total. The van der Waals surface area contributed by atoms with E-state index in [1.54, 1.807) is 13.1 Å². The van der Waals surface area contributed by atoms with E-state index in [0.29, 0.717) is 34.7 Å². The predicted octanol–water partition coefficient (Wildman–Crippen LogP) is 11.6. The van der Waals surface area contributed by atoms with Crippen molar-refractivity contribution in [2.75, 3.05) is 4.90 Å². The first-order valence-corrected chi connectivity index (χ1v) is 18.9. The number of hydrogen-bond donors (Lipinski definition) is 1. The predicted molar refractivity (Wildman–Crippen MR) is 215 cm³/mol. The fourth-order valence-electron chi connectivity index (χ4n) is 8.12. The fourth-order valence-corrected chi connectivity index (χ4v) is 8.12. The smallest absolute Gasteiger partial charge is 0.218 e. The Labute approximate surface area is 333 Å². The van der Waals surface area contributed by atoms with E-state index in [2.05, 4.69) is 136 Å². The first-order valence-electron chi connectivity index (χ1n) is 18.9. The molecule has 4 aromatic carbocycles. The van der Waals surface area contributed by atoms with Crippen LogP contribution in [0.5, 0.6) is 17.4 Å². The Balaban J connectivity index is 0.00000450. The summed E-state index contributed by atoms with van der Waals surface area (Å²) in [4.78, 5) is 17.4. The van der Waals surface area contributed by atoms with Crippen molar-refractivity contribution in [3.05, 3.63) is 153 Å². The number of ether oxygens (including phenoxy) is 1. The van der Waals surface area contributed by atoms with Crippen molar-refractivity contribution >= 4 is 22.4 Å². The van der Waals surface area contributed by atoms with Gasteiger partial charge in [0.1, 0.15) is 5.52 Å². The van der Waals surface area contributed by atoms with Crippen LogP contribution in [-0.4, -0.2) is 20.9 Å². The molecule has 1 aliphatic carbocycles. The van der Waals surface area contributed by atoms with E-state index >= 15 is 0 Å². The van der Waals surface area contributed by atoms with Crippen molar-refractivity contribution in [2.24, 2.45) is 4.99 Å². The summed E-state index contributed by atoms with van der Waals surface area (Å²) in [6, 6.07) is 34.2. The average Bonchev–Trinajstić information content (AvgIpc) is 3.47. The quantitative estimate of drug-likeness (QED) is 0.162. The molecular formula is C47H47N4O2Pt-. The third-order valence-corrected chi connectivity index (χ3v) is 11.0. The number of benzene rings is 4. The molecule has 1 aliphatic heterocycles. The van der Waals surface area contributed by atoms with E-state index in [1.165, 1.54) is 39.1 Å². The molecule has 2 aliphatic rings. The van der Waals surface area contributed by atoms with Crippen molar-refractivity contribution < 1.29 is 30.9 Å². The Hall–Kier alpha value is -4.80. The first kappa shape index (κ1) is 37.5. The van der Waals surface area contributed by atoms with Crippen LogP contribution < -0.4 is 9.64 Å². The van der Waals surface area contributed by atoms with Crippen molar-refractivity contribution in [3.63, 3.8) is 0 Å². The Morgan fingerprint density at radius 3 is 2.11 bits per heavy atom. The number of anilines is 1. The maximum atomic E-state index is 10.9. The molecule has 6 aromatic rings. The van der Waals surface area contributed by atoms with Crippen molar-refractivity contribution in [3.8, 4) is 17.4 Å². The molecule has 0 bridgehead atoms. The molecule has 0 saturated carbocycles. The maximum absolute atomic E-state index is 10.9. The molecule has 8 rings (SSSR count). The van der Waals surface area contributed by atoms with Crippen LogP contribution >= 0.6 is 0 Å². The van der Waals surface area contributed by atoms with Crippen LogP contribution in [0.3, 0.4) is 0 Å². The van der Waals surface area contributed by atoms with Gasteiger partial charge in [-0.1, -0.05) is 120 Å². The van der Waals surface area contributed by atoms with Crippen LogP contribution in [-0.2, 0) is 27.5 Å². The number of aromatic nitrogens is 2. The second kappa shape index (κ2) is 14.8. The van der Waals surface area contributed by atoms with Crippen LogP contribution in [0.1, 0.15) is 127 Å². The van der Waals surface area contributed by atoms with Gasteiger partial charge in [0.2, 0.25) is 5.88 Å². The minimum absolute atomic E-state index is 0. The number of hydrogen-bond acceptors (Lipinski definition) is 6. The minimum atomic E-state index is -0.129. The number of amidine groups is 1. The van der Waals surface area contributed by atoms with Gasteiger partial charge in [0, 0.05) is 50.2 Å². The summed E-state index contributed by atoms with van der Waals surface area (Å²) < 4.78 is 6.60.